The van der Waals surface area contributed by atoms with E-state index in [2.05, 4.69) is 26.0 Å². The molecule has 0 aliphatic heterocycles. The third-order valence-electron chi connectivity index (χ3n) is 3.39. The average molecular weight is 157 g/mol. The lowest BCUT2D eigenvalue weighted by Gasteiger charge is -2.25. The fourth-order valence-corrected chi connectivity index (χ4v) is 2.74. The van der Waals surface area contributed by atoms with E-state index in [9.17, 15) is 0 Å². The van der Waals surface area contributed by atoms with Crippen molar-refractivity contribution in [2.24, 2.45) is 17.8 Å². The van der Waals surface area contributed by atoms with E-state index in [4.69, 9.17) is 11.6 Å². The van der Waals surface area contributed by atoms with Crippen LogP contribution >= 0.6 is 11.6 Å². The Morgan fingerprint density at radius 1 is 1.50 bits per heavy atom. The minimum Gasteiger partial charge on any atom is -0.114 e. The second kappa shape index (κ2) is 1.79. The van der Waals surface area contributed by atoms with Gasteiger partial charge in [-0.25, -0.2) is 0 Å². The summed E-state index contributed by atoms with van der Waals surface area (Å²) in [6.07, 6.45) is 5.67. The molecule has 2 aliphatic rings. The molecule has 0 aromatic rings. The van der Waals surface area contributed by atoms with Crippen molar-refractivity contribution in [3.8, 4) is 0 Å². The summed E-state index contributed by atoms with van der Waals surface area (Å²) < 4.78 is 0. The van der Waals surface area contributed by atoms with Crippen LogP contribution in [0, 0.1) is 17.8 Å². The summed E-state index contributed by atoms with van der Waals surface area (Å²) in [6, 6.07) is 0. The quantitative estimate of drug-likeness (QED) is 0.374. The van der Waals surface area contributed by atoms with Crippen LogP contribution in [0.2, 0.25) is 0 Å². The van der Waals surface area contributed by atoms with Crippen molar-refractivity contribution in [2.75, 3.05) is 0 Å². The van der Waals surface area contributed by atoms with E-state index in [0.717, 1.165) is 11.8 Å². The number of halogens is 1. The number of rotatable bonds is 0. The molecule has 4 atom stereocenters. The van der Waals surface area contributed by atoms with E-state index in [-0.39, 0.29) is 4.87 Å². The van der Waals surface area contributed by atoms with Crippen LogP contribution in [0.15, 0.2) is 12.2 Å². The molecule has 1 fully saturated rings. The first kappa shape index (κ1) is 6.72. The van der Waals surface area contributed by atoms with E-state index in [1.54, 1.807) is 0 Å². The Labute approximate surface area is 67.3 Å². The van der Waals surface area contributed by atoms with Gasteiger partial charge in [-0.2, -0.15) is 0 Å². The first-order valence-electron chi connectivity index (χ1n) is 4.02. The molecule has 2 aliphatic carbocycles. The van der Waals surface area contributed by atoms with Crippen molar-refractivity contribution in [3.05, 3.63) is 12.2 Å². The maximum absolute atomic E-state index is 6.36. The molecule has 0 saturated heterocycles. The molecule has 0 N–H and O–H groups in total. The zero-order chi connectivity index (χ0) is 7.35. The van der Waals surface area contributed by atoms with Gasteiger partial charge in [0, 0.05) is 0 Å². The largest absolute Gasteiger partial charge is 0.114 e. The van der Waals surface area contributed by atoms with E-state index in [1.807, 2.05) is 0 Å². The van der Waals surface area contributed by atoms with Gasteiger partial charge in [-0.1, -0.05) is 26.0 Å². The van der Waals surface area contributed by atoms with Crippen LogP contribution in [-0.4, -0.2) is 4.87 Å². The van der Waals surface area contributed by atoms with Crippen LogP contribution in [0.25, 0.3) is 0 Å². The van der Waals surface area contributed by atoms with Crippen molar-refractivity contribution >= 4 is 11.6 Å². The second-order valence-corrected chi connectivity index (χ2v) is 4.51. The summed E-state index contributed by atoms with van der Waals surface area (Å²) in [4.78, 5) is 0.0318. The van der Waals surface area contributed by atoms with Gasteiger partial charge in [0.15, 0.2) is 0 Å². The van der Waals surface area contributed by atoms with Gasteiger partial charge in [0.2, 0.25) is 0 Å². The summed E-state index contributed by atoms with van der Waals surface area (Å²) in [5.74, 6) is 2.24. The van der Waals surface area contributed by atoms with Crippen molar-refractivity contribution < 1.29 is 0 Å². The maximum Gasteiger partial charge on any atom is 0.0660 e. The van der Waals surface area contributed by atoms with Crippen molar-refractivity contribution in [2.45, 2.75) is 25.1 Å². The molecule has 0 nitrogen and oxygen atoms in total. The number of hydrogen-bond donors (Lipinski definition) is 0. The van der Waals surface area contributed by atoms with Crippen LogP contribution in [0.1, 0.15) is 20.3 Å². The van der Waals surface area contributed by atoms with Crippen molar-refractivity contribution in [3.63, 3.8) is 0 Å². The molecule has 4 unspecified atom stereocenters. The smallest absolute Gasteiger partial charge is 0.0660 e. The van der Waals surface area contributed by atoms with Crippen molar-refractivity contribution in [1.29, 1.82) is 0 Å². The van der Waals surface area contributed by atoms with Gasteiger partial charge in [-0.3, -0.25) is 0 Å². The zero-order valence-electron chi connectivity index (χ0n) is 6.47. The molecular weight excluding hydrogens is 144 g/mol. The molecule has 0 spiro atoms. The van der Waals surface area contributed by atoms with Gasteiger partial charge in [-0.15, -0.1) is 11.6 Å². The molecule has 2 rings (SSSR count). The molecule has 0 amide bonds. The lowest BCUT2D eigenvalue weighted by atomic mass is 9.86. The van der Waals surface area contributed by atoms with E-state index < -0.39 is 0 Å². The standard InChI is InChI=1S/C9H13Cl/c1-6-7(2)9(10)4-3-8(6)5-9/h3-4,6-8H,5H2,1-2H3. The molecule has 2 bridgehead atoms. The molecule has 10 heavy (non-hydrogen) atoms. The summed E-state index contributed by atoms with van der Waals surface area (Å²) in [5, 5.41) is 0. The minimum absolute atomic E-state index is 0.0318. The number of fused-ring (bicyclic) bond motifs is 2. The van der Waals surface area contributed by atoms with Crippen LogP contribution in [0.4, 0.5) is 0 Å². The summed E-state index contributed by atoms with van der Waals surface area (Å²) >= 11 is 6.36. The Kier molecular flexibility index (Phi) is 1.20. The lowest BCUT2D eigenvalue weighted by molar-refractivity contribution is 0.376. The highest BCUT2D eigenvalue weighted by Gasteiger charge is 2.49. The van der Waals surface area contributed by atoms with E-state index in [0.29, 0.717) is 5.92 Å². The summed E-state index contributed by atoms with van der Waals surface area (Å²) in [5.41, 5.74) is 0. The molecular formula is C9H13Cl. The second-order valence-electron chi connectivity index (χ2n) is 3.80. The van der Waals surface area contributed by atoms with Crippen LogP contribution in [0.5, 0.6) is 0 Å². The normalized spacial score (nSPS) is 58.1. The fourth-order valence-electron chi connectivity index (χ4n) is 2.29. The lowest BCUT2D eigenvalue weighted by Crippen LogP contribution is -2.24. The Morgan fingerprint density at radius 2 is 2.20 bits per heavy atom. The average Bonchev–Trinajstić information content (AvgIpc) is 2.35. The van der Waals surface area contributed by atoms with Gasteiger partial charge < -0.3 is 0 Å². The zero-order valence-corrected chi connectivity index (χ0v) is 7.23. The molecule has 1 heteroatoms. The predicted molar refractivity (Wildman–Crippen MR) is 44.2 cm³/mol. The number of alkyl halides is 1. The molecule has 0 aromatic carbocycles. The minimum atomic E-state index is 0.0318. The molecule has 0 heterocycles. The molecule has 1 saturated carbocycles. The Balaban J connectivity index is 2.35. The van der Waals surface area contributed by atoms with Crippen LogP contribution < -0.4 is 0 Å². The van der Waals surface area contributed by atoms with Gasteiger partial charge in [0.05, 0.1) is 4.87 Å². The third kappa shape index (κ3) is 0.633. The highest BCUT2D eigenvalue weighted by Crippen LogP contribution is 2.53. The number of allylic oxidation sites excluding steroid dienone is 2. The molecule has 0 aromatic heterocycles. The highest BCUT2D eigenvalue weighted by atomic mass is 35.5. The summed E-state index contributed by atoms with van der Waals surface area (Å²) in [6.45, 7) is 4.57. The Bertz CT molecular complexity index is 185. The topological polar surface area (TPSA) is 0 Å². The first-order chi connectivity index (χ1) is 4.63. The highest BCUT2D eigenvalue weighted by molar-refractivity contribution is 6.26. The first-order valence-corrected chi connectivity index (χ1v) is 4.39. The van der Waals surface area contributed by atoms with Crippen LogP contribution in [0.3, 0.4) is 0 Å². The van der Waals surface area contributed by atoms with E-state index in [1.165, 1.54) is 6.42 Å². The predicted octanol–water partition coefficient (Wildman–Crippen LogP) is 2.83. The Hall–Kier alpha value is 0.0300. The fraction of sp³-hybridized carbons (Fsp3) is 0.778. The Morgan fingerprint density at radius 3 is 2.50 bits per heavy atom. The third-order valence-corrected chi connectivity index (χ3v) is 4.01. The maximum atomic E-state index is 6.36. The SMILES string of the molecule is CC1C2C=CC(Cl)(C2)C1C. The number of hydrogen-bond acceptors (Lipinski definition) is 0. The van der Waals surface area contributed by atoms with Gasteiger partial charge >= 0.3 is 0 Å². The van der Waals surface area contributed by atoms with Gasteiger partial charge in [0.1, 0.15) is 0 Å². The molecule has 0 radical (unpaired) electrons. The van der Waals surface area contributed by atoms with Crippen LogP contribution in [-0.2, 0) is 0 Å². The van der Waals surface area contributed by atoms with Gasteiger partial charge in [0.25, 0.3) is 0 Å². The van der Waals surface area contributed by atoms with Gasteiger partial charge in [-0.05, 0) is 24.2 Å². The monoisotopic (exact) mass is 156 g/mol. The van der Waals surface area contributed by atoms with E-state index >= 15 is 0 Å². The summed E-state index contributed by atoms with van der Waals surface area (Å²) in [7, 11) is 0. The molecule has 56 valence electrons. The van der Waals surface area contributed by atoms with Crippen molar-refractivity contribution in [1.82, 2.24) is 0 Å².